The fourth-order valence-corrected chi connectivity index (χ4v) is 0.568. The molecule has 0 atom stereocenters. The predicted octanol–water partition coefficient (Wildman–Crippen LogP) is 3.84. The van der Waals surface area contributed by atoms with E-state index in [-0.39, 0.29) is 11.5 Å². The minimum atomic E-state index is -1.28. The van der Waals surface area contributed by atoms with Crippen LogP contribution >= 0.6 is 0 Å². The van der Waals surface area contributed by atoms with Gasteiger partial charge in [-0.1, -0.05) is 26.0 Å². The van der Waals surface area contributed by atoms with Gasteiger partial charge in [-0.25, -0.2) is 9.59 Å². The number of hydrogen-bond donors (Lipinski definition) is 2. The summed E-state index contributed by atoms with van der Waals surface area (Å²) < 4.78 is 4.41. The topological polar surface area (TPSA) is 87.7 Å². The van der Waals surface area contributed by atoms with E-state index in [1.54, 1.807) is 0 Å². The summed E-state index contributed by atoms with van der Waals surface area (Å²) in [5, 5.41) is 16.6. The Morgan fingerprint density at radius 2 is 1.32 bits per heavy atom. The maximum atomic E-state index is 10.2. The Hall–Kier alpha value is -2.30. The van der Waals surface area contributed by atoms with Gasteiger partial charge < -0.3 is 14.6 Å². The number of rotatable bonds is 4. The van der Waals surface area contributed by atoms with Crippen molar-refractivity contribution in [3.63, 3.8) is 0 Å². The summed E-state index contributed by atoms with van der Waals surface area (Å²) >= 11 is 0. The maximum Gasteiger partial charge on any atom is 0.371 e. The quantitative estimate of drug-likeness (QED) is 0.810. The molecule has 0 amide bonds. The molecule has 0 spiro atoms. The number of allylic oxidation sites excluding steroid dienone is 2. The van der Waals surface area contributed by atoms with Crippen molar-refractivity contribution in [3.8, 4) is 0 Å². The van der Waals surface area contributed by atoms with Gasteiger partial charge in [0.15, 0.2) is 0 Å². The second-order valence-corrected chi connectivity index (χ2v) is 3.17. The minimum absolute atomic E-state index is 0.373. The molecular formula is C14H20O5. The van der Waals surface area contributed by atoms with E-state index in [1.165, 1.54) is 0 Å². The summed E-state index contributed by atoms with van der Waals surface area (Å²) in [7, 11) is 0. The molecule has 5 nitrogen and oxygen atoms in total. The highest BCUT2D eigenvalue weighted by Gasteiger charge is 2.12. The second kappa shape index (κ2) is 12.2. The van der Waals surface area contributed by atoms with E-state index in [0.29, 0.717) is 0 Å². The van der Waals surface area contributed by atoms with Crippen molar-refractivity contribution in [3.05, 3.63) is 49.0 Å². The molecule has 1 rings (SSSR count). The van der Waals surface area contributed by atoms with E-state index in [0.717, 1.165) is 25.0 Å². The fraction of sp³-hybridized carbons (Fsp3) is 0.286. The van der Waals surface area contributed by atoms with Crippen molar-refractivity contribution < 1.29 is 24.2 Å². The first-order valence-corrected chi connectivity index (χ1v) is 5.72. The molecule has 19 heavy (non-hydrogen) atoms. The second-order valence-electron chi connectivity index (χ2n) is 3.17. The summed E-state index contributed by atoms with van der Waals surface area (Å²) in [6.45, 7) is 11.1. The molecule has 0 aliphatic carbocycles. The largest absolute Gasteiger partial charge is 0.475 e. The number of hydrogen-bond acceptors (Lipinski definition) is 3. The van der Waals surface area contributed by atoms with Crippen LogP contribution < -0.4 is 0 Å². The van der Waals surface area contributed by atoms with Gasteiger partial charge in [0, 0.05) is 0 Å². The molecule has 0 aromatic carbocycles. The summed E-state index contributed by atoms with van der Waals surface area (Å²) in [6, 6.07) is 2.18. The lowest BCUT2D eigenvalue weighted by Crippen LogP contribution is -1.94. The van der Waals surface area contributed by atoms with Crippen molar-refractivity contribution in [2.24, 2.45) is 0 Å². The Morgan fingerprint density at radius 1 is 1.05 bits per heavy atom. The molecule has 0 fully saturated rings. The van der Waals surface area contributed by atoms with Gasteiger partial charge in [0.1, 0.15) is 0 Å². The van der Waals surface area contributed by atoms with Gasteiger partial charge in [0.25, 0.3) is 0 Å². The van der Waals surface area contributed by atoms with E-state index in [1.807, 2.05) is 12.2 Å². The Balaban J connectivity index is 0. The number of carbonyl (C=O) groups is 2. The molecule has 0 aliphatic heterocycles. The summed E-state index contributed by atoms with van der Waals surface area (Å²) in [5.74, 6) is -3.31. The van der Waals surface area contributed by atoms with Crippen LogP contribution in [0.5, 0.6) is 0 Å². The fourth-order valence-electron chi connectivity index (χ4n) is 0.568. The number of carboxylic acids is 2. The molecule has 2 N–H and O–H groups in total. The smallest absolute Gasteiger partial charge is 0.371 e. The summed E-state index contributed by atoms with van der Waals surface area (Å²) in [4.78, 5) is 20.3. The van der Waals surface area contributed by atoms with E-state index < -0.39 is 11.9 Å². The van der Waals surface area contributed by atoms with Gasteiger partial charge in [-0.15, -0.1) is 13.2 Å². The molecule has 0 bridgehead atoms. The van der Waals surface area contributed by atoms with Gasteiger partial charge in [-0.3, -0.25) is 0 Å². The van der Waals surface area contributed by atoms with E-state index in [9.17, 15) is 9.59 Å². The number of aromatic carboxylic acids is 2. The van der Waals surface area contributed by atoms with Crippen LogP contribution in [0.25, 0.3) is 0 Å². The van der Waals surface area contributed by atoms with Crippen LogP contribution in [0.3, 0.4) is 0 Å². The highest BCUT2D eigenvalue weighted by Crippen LogP contribution is 2.06. The first kappa shape index (κ1) is 19.0. The lowest BCUT2D eigenvalue weighted by Gasteiger charge is -1.84. The third kappa shape index (κ3) is 10.6. The highest BCUT2D eigenvalue weighted by atomic mass is 16.4. The zero-order chi connectivity index (χ0) is 15.3. The Morgan fingerprint density at radius 3 is 1.42 bits per heavy atom. The van der Waals surface area contributed by atoms with Crippen LogP contribution in [0.4, 0.5) is 0 Å². The van der Waals surface area contributed by atoms with Gasteiger partial charge in [0.05, 0.1) is 0 Å². The van der Waals surface area contributed by atoms with Gasteiger partial charge >= 0.3 is 11.9 Å². The lowest BCUT2D eigenvalue weighted by molar-refractivity contribution is 0.0631. The van der Waals surface area contributed by atoms with Crippen molar-refractivity contribution in [2.75, 3.05) is 0 Å². The third-order valence-corrected chi connectivity index (χ3v) is 1.60. The number of furan rings is 1. The molecule has 0 unspecified atom stereocenters. The van der Waals surface area contributed by atoms with Crippen molar-refractivity contribution in [1.29, 1.82) is 0 Å². The average Bonchev–Trinajstić information content (AvgIpc) is 2.89. The van der Waals surface area contributed by atoms with Crippen molar-refractivity contribution >= 4 is 11.9 Å². The molecule has 1 aromatic heterocycles. The zero-order valence-electron chi connectivity index (χ0n) is 11.3. The normalized spacial score (nSPS) is 8.11. The Labute approximate surface area is 112 Å². The van der Waals surface area contributed by atoms with Gasteiger partial charge in [0.2, 0.25) is 11.5 Å². The highest BCUT2D eigenvalue weighted by molar-refractivity contribution is 5.88. The van der Waals surface area contributed by atoms with Crippen LogP contribution in [0.2, 0.25) is 0 Å². The van der Waals surface area contributed by atoms with Gasteiger partial charge in [-0.2, -0.15) is 0 Å². The Kier molecular flexibility index (Phi) is 12.2. The summed E-state index contributed by atoms with van der Waals surface area (Å²) in [6.07, 6.45) is 5.92. The van der Waals surface area contributed by atoms with Crippen LogP contribution in [-0.2, 0) is 0 Å². The standard InChI is InChI=1S/C6H4O5.2C4H8/c7-5(8)3-1-2-4(11-3)6(9)10;2*1-3-4-2/h1-2H,(H,7,8)(H,9,10);2*3H,1,4H2,2H3. The van der Waals surface area contributed by atoms with Crippen LogP contribution in [-0.4, -0.2) is 22.2 Å². The monoisotopic (exact) mass is 268 g/mol. The van der Waals surface area contributed by atoms with Crippen LogP contribution in [0.1, 0.15) is 47.8 Å². The van der Waals surface area contributed by atoms with Crippen molar-refractivity contribution in [1.82, 2.24) is 0 Å². The molecule has 0 radical (unpaired) electrons. The molecule has 1 heterocycles. The lowest BCUT2D eigenvalue weighted by atomic mass is 10.4. The van der Waals surface area contributed by atoms with Crippen LogP contribution in [0, 0.1) is 0 Å². The first-order chi connectivity index (χ1) is 8.94. The minimum Gasteiger partial charge on any atom is -0.475 e. The van der Waals surface area contributed by atoms with Gasteiger partial charge in [-0.05, 0) is 25.0 Å². The van der Waals surface area contributed by atoms with Crippen molar-refractivity contribution in [2.45, 2.75) is 26.7 Å². The average molecular weight is 268 g/mol. The molecule has 0 aliphatic rings. The molecule has 5 heteroatoms. The van der Waals surface area contributed by atoms with E-state index in [2.05, 4.69) is 31.4 Å². The molecule has 1 aromatic rings. The van der Waals surface area contributed by atoms with Crippen LogP contribution in [0.15, 0.2) is 41.9 Å². The molecule has 106 valence electrons. The molecule has 0 saturated heterocycles. The predicted molar refractivity (Wildman–Crippen MR) is 73.6 cm³/mol. The SMILES string of the molecule is C=CCC.C=CCC.O=C(O)c1ccc(C(=O)O)o1. The maximum absolute atomic E-state index is 10.2. The molecular weight excluding hydrogens is 248 g/mol. The third-order valence-electron chi connectivity index (χ3n) is 1.60. The Bertz CT molecular complexity index is 367. The zero-order valence-corrected chi connectivity index (χ0v) is 11.3. The van der Waals surface area contributed by atoms with E-state index in [4.69, 9.17) is 10.2 Å². The summed E-state index contributed by atoms with van der Waals surface area (Å²) in [5.41, 5.74) is 0. The first-order valence-electron chi connectivity index (χ1n) is 5.72. The molecule has 0 saturated carbocycles. The number of carboxylic acid groups (broad SMARTS) is 2. The van der Waals surface area contributed by atoms with E-state index >= 15 is 0 Å².